The monoisotopic (exact) mass is 518 g/mol. The summed E-state index contributed by atoms with van der Waals surface area (Å²) >= 11 is 0. The van der Waals surface area contributed by atoms with Gasteiger partial charge in [-0.1, -0.05) is 121 Å². The van der Waals surface area contributed by atoms with Crippen LogP contribution >= 0.6 is 0 Å². The van der Waals surface area contributed by atoms with Crippen LogP contribution in [-0.4, -0.2) is 14.8 Å². The summed E-state index contributed by atoms with van der Waals surface area (Å²) in [5, 5.41) is 14.1. The van der Waals surface area contributed by atoms with Crippen molar-refractivity contribution >= 4 is 0 Å². The van der Waals surface area contributed by atoms with Gasteiger partial charge < -0.3 is 4.74 Å². The summed E-state index contributed by atoms with van der Waals surface area (Å²) in [6, 6.07) is 49.2. The van der Waals surface area contributed by atoms with Gasteiger partial charge in [-0.3, -0.25) is 0 Å². The molecule has 1 aromatic heterocycles. The van der Waals surface area contributed by atoms with Gasteiger partial charge in [0.25, 0.3) is 0 Å². The largest absolute Gasteiger partial charge is 0.458 e. The Labute approximate surface area is 233 Å². The van der Waals surface area contributed by atoms with E-state index in [1.165, 1.54) is 0 Å². The van der Waals surface area contributed by atoms with Gasteiger partial charge in [-0.25, -0.2) is 4.68 Å². The standard InChI is InChI=1S/C35H26N4O/c36-24-27-12-10-14-29(22-27)30-15-11-13-28(23-30)25-40-34-37-26-39(38-34)35(31-16-4-1-5-17-31,32-18-6-2-7-19-32)33-20-8-3-9-21-33/h1-23,26H,25H2. The van der Waals surface area contributed by atoms with Crippen molar-refractivity contribution in [2.75, 3.05) is 0 Å². The molecule has 6 aromatic rings. The molecule has 0 saturated heterocycles. The molecule has 0 aliphatic heterocycles. The van der Waals surface area contributed by atoms with E-state index in [-0.39, 0.29) is 0 Å². The first-order valence-corrected chi connectivity index (χ1v) is 13.1. The molecule has 0 N–H and O–H groups in total. The van der Waals surface area contributed by atoms with Crippen molar-refractivity contribution < 1.29 is 4.74 Å². The molecule has 6 rings (SSSR count). The molecule has 40 heavy (non-hydrogen) atoms. The first-order chi connectivity index (χ1) is 19.8. The number of nitrogens with zero attached hydrogens (tertiary/aromatic N) is 4. The van der Waals surface area contributed by atoms with E-state index in [1.54, 1.807) is 12.4 Å². The molecule has 0 spiro atoms. The number of benzene rings is 5. The number of hydrogen-bond acceptors (Lipinski definition) is 4. The molecule has 0 saturated carbocycles. The third-order valence-corrected chi connectivity index (χ3v) is 7.01. The summed E-state index contributed by atoms with van der Waals surface area (Å²) in [6.45, 7) is 0.310. The topological polar surface area (TPSA) is 63.7 Å². The Morgan fingerprint density at radius 3 is 1.77 bits per heavy atom. The third kappa shape index (κ3) is 4.75. The highest BCUT2D eigenvalue weighted by atomic mass is 16.5. The van der Waals surface area contributed by atoms with Crippen molar-refractivity contribution in [1.29, 1.82) is 5.26 Å². The maximum absolute atomic E-state index is 9.27. The van der Waals surface area contributed by atoms with Crippen LogP contribution in [0.1, 0.15) is 27.8 Å². The summed E-state index contributed by atoms with van der Waals surface area (Å²) in [5.74, 6) is 0. The first kappa shape index (κ1) is 24.8. The van der Waals surface area contributed by atoms with Crippen LogP contribution in [-0.2, 0) is 12.1 Å². The predicted molar refractivity (Wildman–Crippen MR) is 156 cm³/mol. The maximum atomic E-state index is 9.27. The summed E-state index contributed by atoms with van der Waals surface area (Å²) in [7, 11) is 0. The normalized spacial score (nSPS) is 11.1. The molecular weight excluding hydrogens is 492 g/mol. The van der Waals surface area contributed by atoms with Gasteiger partial charge in [0.1, 0.15) is 18.5 Å². The lowest BCUT2D eigenvalue weighted by Crippen LogP contribution is -2.38. The highest BCUT2D eigenvalue weighted by Crippen LogP contribution is 2.40. The summed E-state index contributed by atoms with van der Waals surface area (Å²) in [6.07, 6.45) is 1.74. The molecule has 192 valence electrons. The third-order valence-electron chi connectivity index (χ3n) is 7.01. The lowest BCUT2D eigenvalue weighted by atomic mass is 9.77. The van der Waals surface area contributed by atoms with E-state index in [0.29, 0.717) is 18.2 Å². The predicted octanol–water partition coefficient (Wildman–Crippen LogP) is 7.24. The molecule has 0 fully saturated rings. The Morgan fingerprint density at radius 2 is 1.20 bits per heavy atom. The summed E-state index contributed by atoms with van der Waals surface area (Å²) < 4.78 is 8.01. The fraction of sp³-hybridized carbons (Fsp3) is 0.0571. The quantitative estimate of drug-likeness (QED) is 0.199. The minimum atomic E-state index is -0.746. The van der Waals surface area contributed by atoms with E-state index in [9.17, 15) is 5.26 Å². The van der Waals surface area contributed by atoms with Crippen LogP contribution in [0.5, 0.6) is 6.01 Å². The van der Waals surface area contributed by atoms with E-state index < -0.39 is 5.54 Å². The SMILES string of the molecule is N#Cc1cccc(-c2cccc(COc3ncn(C(c4ccccc4)(c4ccccc4)c4ccccc4)n3)c2)c1. The van der Waals surface area contributed by atoms with Crippen molar-refractivity contribution in [2.24, 2.45) is 0 Å². The number of rotatable bonds is 8. The number of nitriles is 1. The highest BCUT2D eigenvalue weighted by Gasteiger charge is 2.39. The van der Waals surface area contributed by atoms with Crippen LogP contribution < -0.4 is 4.74 Å². The van der Waals surface area contributed by atoms with E-state index in [1.807, 2.05) is 95.7 Å². The van der Waals surface area contributed by atoms with Gasteiger partial charge >= 0.3 is 6.01 Å². The Bertz CT molecular complexity index is 1660. The van der Waals surface area contributed by atoms with Crippen LogP contribution in [0.4, 0.5) is 0 Å². The van der Waals surface area contributed by atoms with E-state index in [2.05, 4.69) is 53.5 Å². The van der Waals surface area contributed by atoms with Crippen molar-refractivity contribution in [1.82, 2.24) is 14.8 Å². The second-order valence-electron chi connectivity index (χ2n) is 9.46. The second-order valence-corrected chi connectivity index (χ2v) is 9.46. The van der Waals surface area contributed by atoms with Gasteiger partial charge in [-0.2, -0.15) is 10.2 Å². The zero-order valence-electron chi connectivity index (χ0n) is 21.8. The van der Waals surface area contributed by atoms with Crippen LogP contribution in [0.15, 0.2) is 146 Å². The molecular formula is C35H26N4O. The van der Waals surface area contributed by atoms with Gasteiger partial charge in [-0.05, 0) is 51.6 Å². The van der Waals surface area contributed by atoms with Crippen LogP contribution in [0.3, 0.4) is 0 Å². The van der Waals surface area contributed by atoms with Gasteiger partial charge in [0.2, 0.25) is 0 Å². The minimum absolute atomic E-state index is 0.295. The van der Waals surface area contributed by atoms with Gasteiger partial charge in [0.05, 0.1) is 11.6 Å². The first-order valence-electron chi connectivity index (χ1n) is 13.1. The van der Waals surface area contributed by atoms with E-state index in [4.69, 9.17) is 9.84 Å². The molecule has 5 nitrogen and oxygen atoms in total. The lowest BCUT2D eigenvalue weighted by Gasteiger charge is -2.35. The van der Waals surface area contributed by atoms with Gasteiger partial charge in [0.15, 0.2) is 0 Å². The minimum Gasteiger partial charge on any atom is -0.458 e. The molecule has 0 aliphatic rings. The molecule has 5 aromatic carbocycles. The van der Waals surface area contributed by atoms with Crippen molar-refractivity contribution in [3.8, 4) is 23.2 Å². The highest BCUT2D eigenvalue weighted by molar-refractivity contribution is 5.65. The van der Waals surface area contributed by atoms with Crippen LogP contribution in [0.25, 0.3) is 11.1 Å². The molecule has 0 amide bonds. The average molecular weight is 519 g/mol. The maximum Gasteiger partial charge on any atom is 0.335 e. The molecule has 1 heterocycles. The van der Waals surface area contributed by atoms with Crippen LogP contribution in [0, 0.1) is 11.3 Å². The molecule has 0 aliphatic carbocycles. The molecule has 0 atom stereocenters. The Balaban J connectivity index is 1.36. The molecule has 0 bridgehead atoms. The van der Waals surface area contributed by atoms with Gasteiger partial charge in [-0.15, -0.1) is 5.10 Å². The van der Waals surface area contributed by atoms with E-state index in [0.717, 1.165) is 33.4 Å². The molecule has 5 heteroatoms. The zero-order chi connectivity index (χ0) is 27.2. The number of aromatic nitrogens is 3. The van der Waals surface area contributed by atoms with Crippen LogP contribution in [0.2, 0.25) is 0 Å². The van der Waals surface area contributed by atoms with Gasteiger partial charge in [0, 0.05) is 0 Å². The van der Waals surface area contributed by atoms with E-state index >= 15 is 0 Å². The summed E-state index contributed by atoms with van der Waals surface area (Å²) in [4.78, 5) is 4.57. The summed E-state index contributed by atoms with van der Waals surface area (Å²) in [5.41, 5.74) is 6.08. The van der Waals surface area contributed by atoms with Crippen molar-refractivity contribution in [3.05, 3.63) is 174 Å². The Hall–Kier alpha value is -5.47. The van der Waals surface area contributed by atoms with Crippen molar-refractivity contribution in [2.45, 2.75) is 12.1 Å². The second kappa shape index (κ2) is 11.1. The molecule has 0 unspecified atom stereocenters. The fourth-order valence-corrected chi connectivity index (χ4v) is 5.17. The Morgan fingerprint density at radius 1 is 0.650 bits per heavy atom. The Kier molecular flexibility index (Phi) is 6.90. The zero-order valence-corrected chi connectivity index (χ0v) is 21.8. The fourth-order valence-electron chi connectivity index (χ4n) is 5.17. The van der Waals surface area contributed by atoms with Crippen molar-refractivity contribution in [3.63, 3.8) is 0 Å². The smallest absolute Gasteiger partial charge is 0.335 e. The molecule has 0 radical (unpaired) electrons. The average Bonchev–Trinajstić information content (AvgIpc) is 3.51. The lowest BCUT2D eigenvalue weighted by molar-refractivity contribution is 0.276. The number of hydrogen-bond donors (Lipinski definition) is 0. The number of ether oxygens (including phenoxy) is 1.